The molecule has 0 aliphatic heterocycles. The number of anilines is 1. The van der Waals surface area contributed by atoms with Crippen molar-refractivity contribution in [2.75, 3.05) is 17.9 Å². The van der Waals surface area contributed by atoms with Gasteiger partial charge in [0.15, 0.2) is 0 Å². The van der Waals surface area contributed by atoms with Crippen LogP contribution in [0.4, 0.5) is 5.69 Å². The third-order valence-corrected chi connectivity index (χ3v) is 6.39. The molecule has 0 saturated carbocycles. The van der Waals surface area contributed by atoms with E-state index in [0.29, 0.717) is 17.0 Å². The molecule has 0 bridgehead atoms. The first-order valence-electron chi connectivity index (χ1n) is 9.26. The van der Waals surface area contributed by atoms with E-state index in [1.54, 1.807) is 36.4 Å². The molecule has 0 unspecified atom stereocenters. The fraction of sp³-hybridized carbons (Fsp3) is 0.182. The Morgan fingerprint density at radius 1 is 1.03 bits per heavy atom. The number of hydrogen-bond donors (Lipinski definition) is 0. The fourth-order valence-electron chi connectivity index (χ4n) is 2.91. The van der Waals surface area contributed by atoms with Crippen molar-refractivity contribution in [2.24, 2.45) is 0 Å². The number of carbonyl (C=O) groups is 1. The van der Waals surface area contributed by atoms with Crippen LogP contribution in [0.2, 0.25) is 0 Å². The summed E-state index contributed by atoms with van der Waals surface area (Å²) in [5.74, 6) is 0.298. The Hall–Kier alpha value is -3.57. The molecule has 3 rings (SSSR count). The van der Waals surface area contributed by atoms with Gasteiger partial charge in [-0.25, -0.2) is 8.42 Å². The molecule has 1 aromatic heterocycles. The van der Waals surface area contributed by atoms with Crippen LogP contribution in [-0.2, 0) is 16.6 Å². The maximum absolute atomic E-state index is 12.9. The second-order valence-corrected chi connectivity index (χ2v) is 8.52. The van der Waals surface area contributed by atoms with E-state index in [-0.39, 0.29) is 30.3 Å². The topological polar surface area (TPSA) is 94.6 Å². The smallest absolute Gasteiger partial charge is 0.264 e. The van der Waals surface area contributed by atoms with Crippen LogP contribution in [0.1, 0.15) is 22.5 Å². The van der Waals surface area contributed by atoms with Crippen LogP contribution in [-0.4, -0.2) is 32.8 Å². The number of para-hydroxylation sites is 1. The van der Waals surface area contributed by atoms with Crippen molar-refractivity contribution in [1.82, 2.24) is 4.90 Å². The van der Waals surface area contributed by atoms with E-state index in [2.05, 4.69) is 0 Å². The van der Waals surface area contributed by atoms with E-state index in [4.69, 9.17) is 9.68 Å². The van der Waals surface area contributed by atoms with Crippen molar-refractivity contribution in [2.45, 2.75) is 17.9 Å². The summed E-state index contributed by atoms with van der Waals surface area (Å²) in [5, 5.41) is 8.88. The van der Waals surface area contributed by atoms with Crippen LogP contribution in [0.15, 0.2) is 82.3 Å². The zero-order valence-corrected chi connectivity index (χ0v) is 17.2. The average molecular weight is 423 g/mol. The summed E-state index contributed by atoms with van der Waals surface area (Å²) in [6.45, 7) is 0.469. The van der Waals surface area contributed by atoms with Gasteiger partial charge in [0.2, 0.25) is 0 Å². The lowest BCUT2D eigenvalue weighted by atomic mass is 10.2. The van der Waals surface area contributed by atoms with Crippen molar-refractivity contribution in [3.05, 3.63) is 84.3 Å². The third-order valence-electron chi connectivity index (χ3n) is 4.59. The van der Waals surface area contributed by atoms with Crippen LogP contribution in [0, 0.1) is 11.3 Å². The van der Waals surface area contributed by atoms with Crippen molar-refractivity contribution >= 4 is 21.6 Å². The molecular formula is C22H21N3O4S. The van der Waals surface area contributed by atoms with Crippen LogP contribution >= 0.6 is 0 Å². The summed E-state index contributed by atoms with van der Waals surface area (Å²) in [7, 11) is -2.28. The first-order chi connectivity index (χ1) is 14.4. The SMILES string of the molecule is CN(c1ccccc1)S(=O)(=O)c1ccc(C(=O)N(CCC#N)Cc2ccco2)cc1. The number of amides is 1. The molecule has 0 N–H and O–H groups in total. The van der Waals surface area contributed by atoms with Crippen molar-refractivity contribution in [3.8, 4) is 6.07 Å². The minimum Gasteiger partial charge on any atom is -0.467 e. The summed E-state index contributed by atoms with van der Waals surface area (Å²) in [4.78, 5) is 14.5. The molecule has 0 saturated heterocycles. The molecule has 1 amide bonds. The Labute approximate surface area is 175 Å². The lowest BCUT2D eigenvalue weighted by Crippen LogP contribution is -2.31. The Morgan fingerprint density at radius 3 is 2.33 bits per heavy atom. The van der Waals surface area contributed by atoms with Gasteiger partial charge < -0.3 is 9.32 Å². The molecule has 0 atom stereocenters. The van der Waals surface area contributed by atoms with Gasteiger partial charge >= 0.3 is 0 Å². The minimum absolute atomic E-state index is 0.0833. The standard InChI is InChI=1S/C22H21N3O4S/c1-24(19-7-3-2-4-8-19)30(27,28)21-12-10-18(11-13-21)22(26)25(15-6-14-23)17-20-9-5-16-29-20/h2-5,7-13,16H,6,15,17H2,1H3. The predicted molar refractivity (Wildman–Crippen MR) is 112 cm³/mol. The van der Waals surface area contributed by atoms with Crippen LogP contribution in [0.3, 0.4) is 0 Å². The number of rotatable bonds is 8. The Balaban J connectivity index is 1.80. The van der Waals surface area contributed by atoms with E-state index >= 15 is 0 Å². The Bertz CT molecular complexity index is 1120. The highest BCUT2D eigenvalue weighted by atomic mass is 32.2. The number of sulfonamides is 1. The zero-order valence-electron chi connectivity index (χ0n) is 16.4. The molecule has 0 fully saturated rings. The number of furan rings is 1. The zero-order chi connectivity index (χ0) is 21.6. The van der Waals surface area contributed by atoms with E-state index in [0.717, 1.165) is 0 Å². The van der Waals surface area contributed by atoms with Crippen molar-refractivity contribution in [1.29, 1.82) is 5.26 Å². The van der Waals surface area contributed by atoms with Gasteiger partial charge in [0.1, 0.15) is 5.76 Å². The molecule has 8 heteroatoms. The second kappa shape index (κ2) is 9.29. The summed E-state index contributed by atoms with van der Waals surface area (Å²) in [6, 6.07) is 20.0. The molecule has 1 heterocycles. The van der Waals surface area contributed by atoms with Crippen LogP contribution in [0.5, 0.6) is 0 Å². The third kappa shape index (κ3) is 4.70. The van der Waals surface area contributed by atoms with Gasteiger partial charge in [-0.1, -0.05) is 18.2 Å². The fourth-order valence-corrected chi connectivity index (χ4v) is 4.11. The normalized spacial score (nSPS) is 10.9. The summed E-state index contributed by atoms with van der Waals surface area (Å²) in [5.41, 5.74) is 0.875. The lowest BCUT2D eigenvalue weighted by Gasteiger charge is -2.21. The predicted octanol–water partition coefficient (Wildman–Crippen LogP) is 3.66. The molecule has 154 valence electrons. The average Bonchev–Trinajstić information content (AvgIpc) is 3.29. The number of nitriles is 1. The molecule has 3 aromatic rings. The Morgan fingerprint density at radius 2 is 1.73 bits per heavy atom. The molecule has 0 radical (unpaired) electrons. The molecule has 0 aliphatic carbocycles. The summed E-state index contributed by atoms with van der Waals surface area (Å²) < 4.78 is 32.3. The van der Waals surface area contributed by atoms with Gasteiger partial charge in [0.25, 0.3) is 15.9 Å². The van der Waals surface area contributed by atoms with Crippen molar-refractivity contribution < 1.29 is 17.6 Å². The summed E-state index contributed by atoms with van der Waals surface area (Å²) in [6.07, 6.45) is 1.70. The highest BCUT2D eigenvalue weighted by molar-refractivity contribution is 7.92. The van der Waals surface area contributed by atoms with Crippen LogP contribution in [0.25, 0.3) is 0 Å². The highest BCUT2D eigenvalue weighted by Gasteiger charge is 2.23. The van der Waals surface area contributed by atoms with Gasteiger partial charge in [-0.3, -0.25) is 9.10 Å². The first-order valence-corrected chi connectivity index (χ1v) is 10.7. The number of benzene rings is 2. The van der Waals surface area contributed by atoms with Gasteiger partial charge in [-0.05, 0) is 48.5 Å². The maximum Gasteiger partial charge on any atom is 0.264 e. The lowest BCUT2D eigenvalue weighted by molar-refractivity contribution is 0.0735. The number of carbonyl (C=O) groups excluding carboxylic acids is 1. The number of hydrogen-bond acceptors (Lipinski definition) is 5. The van der Waals surface area contributed by atoms with E-state index in [9.17, 15) is 13.2 Å². The minimum atomic E-state index is -3.76. The monoisotopic (exact) mass is 423 g/mol. The quantitative estimate of drug-likeness (QED) is 0.551. The largest absolute Gasteiger partial charge is 0.467 e. The first kappa shape index (κ1) is 21.1. The summed E-state index contributed by atoms with van der Waals surface area (Å²) >= 11 is 0. The van der Waals surface area contributed by atoms with Gasteiger partial charge in [-0.15, -0.1) is 0 Å². The maximum atomic E-state index is 12.9. The molecule has 7 nitrogen and oxygen atoms in total. The molecule has 2 aromatic carbocycles. The molecular weight excluding hydrogens is 402 g/mol. The van der Waals surface area contributed by atoms with E-state index < -0.39 is 10.0 Å². The molecule has 0 aliphatic rings. The number of nitrogens with zero attached hydrogens (tertiary/aromatic N) is 3. The van der Waals surface area contributed by atoms with E-state index in [1.165, 1.54) is 46.8 Å². The van der Waals surface area contributed by atoms with Crippen LogP contribution < -0.4 is 4.31 Å². The second-order valence-electron chi connectivity index (χ2n) is 6.55. The van der Waals surface area contributed by atoms with Crippen molar-refractivity contribution in [3.63, 3.8) is 0 Å². The van der Waals surface area contributed by atoms with Gasteiger partial charge in [0, 0.05) is 19.2 Å². The molecule has 30 heavy (non-hydrogen) atoms. The Kier molecular flexibility index (Phi) is 6.54. The van der Waals surface area contributed by atoms with E-state index in [1.807, 2.05) is 12.1 Å². The van der Waals surface area contributed by atoms with Gasteiger partial charge in [-0.2, -0.15) is 5.26 Å². The van der Waals surface area contributed by atoms with Gasteiger partial charge in [0.05, 0.1) is 35.9 Å². The highest BCUT2D eigenvalue weighted by Crippen LogP contribution is 2.22. The molecule has 0 spiro atoms.